The highest BCUT2D eigenvalue weighted by Crippen LogP contribution is 2.43. The third kappa shape index (κ3) is 5.41. The van der Waals surface area contributed by atoms with Crippen LogP contribution in [0.15, 0.2) is 64.4 Å². The Morgan fingerprint density at radius 1 is 1.08 bits per heavy atom. The molecule has 0 aromatic carbocycles. The van der Waals surface area contributed by atoms with Crippen LogP contribution < -0.4 is 5.32 Å². The Kier molecular flexibility index (Phi) is 6.88. The summed E-state index contributed by atoms with van der Waals surface area (Å²) in [5, 5.41) is 12.7. The van der Waals surface area contributed by atoms with Crippen LogP contribution in [-0.4, -0.2) is 38.9 Å². The van der Waals surface area contributed by atoms with Gasteiger partial charge < -0.3 is 10.4 Å². The Morgan fingerprint density at radius 2 is 1.86 bits per heavy atom. The first kappa shape index (κ1) is 25.8. The fourth-order valence-electron chi connectivity index (χ4n) is 4.37. The van der Waals surface area contributed by atoms with Crippen LogP contribution in [0.1, 0.15) is 63.9 Å². The van der Waals surface area contributed by atoms with E-state index in [0.29, 0.717) is 30.1 Å². The molecule has 1 unspecified atom stereocenters. The molecule has 0 saturated carbocycles. The molecule has 2 aliphatic rings. The summed E-state index contributed by atoms with van der Waals surface area (Å²) in [6.07, 6.45) is 3.18. The van der Waals surface area contributed by atoms with Crippen LogP contribution in [0.5, 0.6) is 0 Å². The Balaban J connectivity index is 1.73. The van der Waals surface area contributed by atoms with Gasteiger partial charge >= 0.3 is 6.18 Å². The molecule has 1 aliphatic carbocycles. The lowest BCUT2D eigenvalue weighted by molar-refractivity contribution is -0.138. The topological polar surface area (TPSA) is 82.8 Å². The summed E-state index contributed by atoms with van der Waals surface area (Å²) >= 11 is 0. The second-order valence-corrected chi connectivity index (χ2v) is 10.2. The number of rotatable bonds is 5. The molecule has 0 amide bonds. The number of nitrogens with zero attached hydrogens (tertiary/aromatic N) is 4. The van der Waals surface area contributed by atoms with Crippen molar-refractivity contribution in [3.8, 4) is 0 Å². The Morgan fingerprint density at radius 3 is 2.50 bits per heavy atom. The van der Waals surface area contributed by atoms with Crippen molar-refractivity contribution in [1.82, 2.24) is 9.97 Å². The van der Waals surface area contributed by atoms with Crippen molar-refractivity contribution >= 4 is 22.9 Å². The van der Waals surface area contributed by atoms with Crippen LogP contribution in [0.2, 0.25) is 0 Å². The number of alkyl halides is 3. The van der Waals surface area contributed by atoms with E-state index in [1.165, 1.54) is 12.3 Å². The molecule has 2 N–H and O–H groups in total. The number of allylic oxidation sites excluding steroid dienone is 2. The molecular weight excluding hydrogens is 467 g/mol. The van der Waals surface area contributed by atoms with E-state index in [4.69, 9.17) is 9.98 Å². The zero-order valence-corrected chi connectivity index (χ0v) is 20.8. The van der Waals surface area contributed by atoms with Gasteiger partial charge in [0.25, 0.3) is 0 Å². The van der Waals surface area contributed by atoms with Crippen LogP contribution in [0, 0.1) is 0 Å². The average molecular weight is 498 g/mol. The number of aromatic nitrogens is 2. The summed E-state index contributed by atoms with van der Waals surface area (Å²) in [5.74, 6) is 1.10. The molecule has 0 spiro atoms. The van der Waals surface area contributed by atoms with E-state index in [1.54, 1.807) is 18.3 Å². The molecule has 2 aromatic rings. The summed E-state index contributed by atoms with van der Waals surface area (Å²) < 4.78 is 41.0. The molecule has 0 radical (unpaired) electrons. The van der Waals surface area contributed by atoms with Gasteiger partial charge in [0, 0.05) is 42.3 Å². The second kappa shape index (κ2) is 9.61. The van der Waals surface area contributed by atoms with Crippen molar-refractivity contribution in [1.29, 1.82) is 0 Å². The van der Waals surface area contributed by atoms with E-state index in [2.05, 4.69) is 36.1 Å². The smallest absolute Gasteiger partial charge is 0.396 e. The van der Waals surface area contributed by atoms with Crippen LogP contribution in [0.25, 0.3) is 5.57 Å². The van der Waals surface area contributed by atoms with Gasteiger partial charge in [-0.2, -0.15) is 13.2 Å². The van der Waals surface area contributed by atoms with E-state index in [0.717, 1.165) is 23.0 Å². The van der Waals surface area contributed by atoms with Gasteiger partial charge in [-0.05, 0) is 43.2 Å². The molecule has 3 heterocycles. The van der Waals surface area contributed by atoms with Crippen molar-refractivity contribution in [3.05, 3.63) is 71.3 Å². The number of aliphatic imine (C=N–C) groups is 2. The number of nitrogens with one attached hydrogen (secondary N) is 1. The molecule has 190 valence electrons. The molecule has 0 saturated heterocycles. The molecule has 6 nitrogen and oxygen atoms in total. The quantitative estimate of drug-likeness (QED) is 0.534. The largest absolute Gasteiger partial charge is 0.418 e. The number of aliphatic hydroxyl groups excluding tert-OH is 1. The van der Waals surface area contributed by atoms with E-state index in [1.807, 2.05) is 19.1 Å². The lowest BCUT2D eigenvalue weighted by atomic mass is 9.78. The minimum atomic E-state index is -4.52. The molecule has 0 fully saturated rings. The minimum absolute atomic E-state index is 0.0110. The molecule has 4 rings (SSSR count). The maximum absolute atomic E-state index is 13.7. The molecule has 2 aromatic heterocycles. The van der Waals surface area contributed by atoms with Gasteiger partial charge in [-0.15, -0.1) is 0 Å². The number of halogens is 3. The molecular formula is C27H30F3N5O. The molecule has 0 bridgehead atoms. The van der Waals surface area contributed by atoms with Crippen molar-refractivity contribution in [2.45, 2.75) is 64.1 Å². The van der Waals surface area contributed by atoms with Crippen molar-refractivity contribution in [2.75, 3.05) is 11.9 Å². The number of aliphatic hydroxyl groups is 1. The van der Waals surface area contributed by atoms with Crippen molar-refractivity contribution in [3.63, 3.8) is 0 Å². The van der Waals surface area contributed by atoms with Gasteiger partial charge in [0.05, 0.1) is 28.7 Å². The second-order valence-electron chi connectivity index (χ2n) is 10.2. The summed E-state index contributed by atoms with van der Waals surface area (Å²) in [6, 6.07) is 6.22. The predicted molar refractivity (Wildman–Crippen MR) is 136 cm³/mol. The zero-order valence-electron chi connectivity index (χ0n) is 20.8. The maximum atomic E-state index is 13.7. The fourth-order valence-corrected chi connectivity index (χ4v) is 4.37. The van der Waals surface area contributed by atoms with Gasteiger partial charge in [0.15, 0.2) is 0 Å². The molecule has 1 aliphatic heterocycles. The lowest BCUT2D eigenvalue weighted by Gasteiger charge is -2.36. The van der Waals surface area contributed by atoms with Crippen LogP contribution >= 0.6 is 0 Å². The Bertz CT molecular complexity index is 1250. The summed E-state index contributed by atoms with van der Waals surface area (Å²) in [6.45, 7) is 8.14. The van der Waals surface area contributed by atoms with Crippen molar-refractivity contribution in [2.24, 2.45) is 9.98 Å². The number of hydrogen-bond donors (Lipinski definition) is 2. The van der Waals surface area contributed by atoms with Gasteiger partial charge in [0.2, 0.25) is 0 Å². The first-order chi connectivity index (χ1) is 16.9. The van der Waals surface area contributed by atoms with Gasteiger partial charge in [-0.1, -0.05) is 32.9 Å². The fraction of sp³-hybridized carbons (Fsp3) is 0.407. The monoisotopic (exact) mass is 497 g/mol. The summed E-state index contributed by atoms with van der Waals surface area (Å²) in [5.41, 5.74) is 1.12. The van der Waals surface area contributed by atoms with E-state index < -0.39 is 17.3 Å². The highest BCUT2D eigenvalue weighted by atomic mass is 19.4. The third-order valence-corrected chi connectivity index (χ3v) is 6.21. The lowest BCUT2D eigenvalue weighted by Crippen LogP contribution is -2.39. The van der Waals surface area contributed by atoms with Crippen LogP contribution in [0.3, 0.4) is 0 Å². The first-order valence-corrected chi connectivity index (χ1v) is 11.9. The predicted octanol–water partition coefficient (Wildman–Crippen LogP) is 5.96. The highest BCUT2D eigenvalue weighted by Gasteiger charge is 2.41. The van der Waals surface area contributed by atoms with E-state index in [-0.39, 0.29) is 24.1 Å². The minimum Gasteiger partial charge on any atom is -0.396 e. The third-order valence-electron chi connectivity index (χ3n) is 6.21. The Hall–Kier alpha value is -3.33. The van der Waals surface area contributed by atoms with Crippen LogP contribution in [-0.2, 0) is 11.6 Å². The number of fused-ring (bicyclic) bond motifs is 1. The number of hydrogen-bond acceptors (Lipinski definition) is 6. The normalized spacial score (nSPS) is 20.1. The number of pyridine rings is 2. The van der Waals surface area contributed by atoms with Gasteiger partial charge in [-0.25, -0.2) is 4.99 Å². The number of anilines is 1. The van der Waals surface area contributed by atoms with Crippen LogP contribution in [0.4, 0.5) is 18.9 Å². The number of amidine groups is 2. The molecule has 1 atom stereocenters. The summed E-state index contributed by atoms with van der Waals surface area (Å²) in [7, 11) is 0. The maximum Gasteiger partial charge on any atom is 0.418 e. The average Bonchev–Trinajstić information content (AvgIpc) is 2.81. The van der Waals surface area contributed by atoms with Gasteiger partial charge in [0.1, 0.15) is 11.7 Å². The van der Waals surface area contributed by atoms with E-state index >= 15 is 0 Å². The standard InChI is InChI=1S/C27H30F3N5O/c1-25(2,3)21-12-10-18(16-32-21)33-24-20-11-9-17(23-19(27(28,29)30)7-5-13-31-23)15-26(20,4)35-22(34-24)8-6-14-36/h5,7,9-13,16,36H,6,8,14-15H2,1-4H3,(H,33,34,35). The van der Waals surface area contributed by atoms with Crippen molar-refractivity contribution < 1.29 is 18.3 Å². The first-order valence-electron chi connectivity index (χ1n) is 11.9. The molecule has 36 heavy (non-hydrogen) atoms. The SMILES string of the molecule is CC12CC(c3ncccc3C(F)(F)F)=CC=C1C(Nc1ccc(C(C)(C)C)nc1)=NC(CCCO)=N2. The molecule has 9 heteroatoms. The summed E-state index contributed by atoms with van der Waals surface area (Å²) in [4.78, 5) is 18.1. The zero-order chi connectivity index (χ0) is 26.1. The highest BCUT2D eigenvalue weighted by molar-refractivity contribution is 6.17. The van der Waals surface area contributed by atoms with E-state index in [9.17, 15) is 18.3 Å². The Labute approximate surface area is 208 Å². The van der Waals surface area contributed by atoms with Gasteiger partial charge in [-0.3, -0.25) is 15.0 Å².